The zero-order chi connectivity index (χ0) is 19.6. The van der Waals surface area contributed by atoms with Gasteiger partial charge in [0.2, 0.25) is 5.91 Å². The van der Waals surface area contributed by atoms with Crippen molar-refractivity contribution in [1.29, 1.82) is 0 Å². The fraction of sp³-hybridized carbons (Fsp3) is 0.300. The Labute approximate surface area is 157 Å². The molecule has 1 amide bonds. The van der Waals surface area contributed by atoms with Gasteiger partial charge in [0, 0.05) is 25.2 Å². The first-order valence-corrected chi connectivity index (χ1v) is 8.71. The van der Waals surface area contributed by atoms with Crippen molar-refractivity contribution >= 4 is 23.6 Å². The number of unbranched alkanes of at least 4 members (excludes halogenated alkanes) is 2. The zero-order valence-electron chi connectivity index (χ0n) is 15.2. The Hall–Kier alpha value is -3.22. The van der Waals surface area contributed by atoms with Crippen molar-refractivity contribution < 1.29 is 19.2 Å². The Balaban J connectivity index is 1.74. The van der Waals surface area contributed by atoms with Gasteiger partial charge in [-0.2, -0.15) is 0 Å². The molecule has 0 unspecified atom stereocenters. The summed E-state index contributed by atoms with van der Waals surface area (Å²) in [5.41, 5.74) is 0.539. The highest BCUT2D eigenvalue weighted by molar-refractivity contribution is 5.92. The molecule has 0 aromatic heterocycles. The molecule has 7 heteroatoms. The summed E-state index contributed by atoms with van der Waals surface area (Å²) in [5.74, 6) is 0.253. The Morgan fingerprint density at radius 1 is 1.11 bits per heavy atom. The van der Waals surface area contributed by atoms with Gasteiger partial charge in [0.15, 0.2) is 6.29 Å². The number of para-hydroxylation sites is 1. The minimum atomic E-state index is -0.606. The van der Waals surface area contributed by atoms with E-state index < -0.39 is 4.92 Å². The van der Waals surface area contributed by atoms with Crippen LogP contribution in [0.5, 0.6) is 5.75 Å². The number of nitrogens with zero attached hydrogens (tertiary/aromatic N) is 2. The average molecular weight is 370 g/mol. The molecule has 0 radical (unpaired) electrons. The van der Waals surface area contributed by atoms with Gasteiger partial charge in [0.25, 0.3) is 5.69 Å². The molecule has 0 aliphatic rings. The van der Waals surface area contributed by atoms with Crippen LogP contribution < -0.4 is 9.64 Å². The summed E-state index contributed by atoms with van der Waals surface area (Å²) < 4.78 is 5.51. The van der Waals surface area contributed by atoms with Gasteiger partial charge in [-0.25, -0.2) is 0 Å². The van der Waals surface area contributed by atoms with Crippen molar-refractivity contribution in [2.24, 2.45) is 0 Å². The van der Waals surface area contributed by atoms with Crippen LogP contribution in [0.2, 0.25) is 0 Å². The lowest BCUT2D eigenvalue weighted by Gasteiger charge is -2.17. The van der Waals surface area contributed by atoms with Gasteiger partial charge in [0.1, 0.15) is 11.3 Å². The molecule has 2 aromatic rings. The maximum Gasteiger partial charge on any atom is 0.283 e. The van der Waals surface area contributed by atoms with Crippen LogP contribution in [0.15, 0.2) is 48.5 Å². The molecule has 0 heterocycles. The molecule has 0 atom stereocenters. The molecule has 27 heavy (non-hydrogen) atoms. The molecular formula is C20H22N2O5. The van der Waals surface area contributed by atoms with E-state index in [4.69, 9.17) is 4.74 Å². The van der Waals surface area contributed by atoms with E-state index >= 15 is 0 Å². The predicted octanol–water partition coefficient (Wildman–Crippen LogP) is 4.01. The van der Waals surface area contributed by atoms with Crippen LogP contribution in [-0.2, 0) is 4.79 Å². The van der Waals surface area contributed by atoms with E-state index in [0.717, 1.165) is 18.5 Å². The molecule has 0 spiro atoms. The SMILES string of the molecule is CN(C(=O)CCCCCOc1cccc([N+](=O)[O-])c1C=O)c1ccccc1. The van der Waals surface area contributed by atoms with Gasteiger partial charge >= 0.3 is 0 Å². The van der Waals surface area contributed by atoms with Gasteiger partial charge in [-0.1, -0.05) is 24.3 Å². The number of nitro benzene ring substituents is 1. The Kier molecular flexibility index (Phi) is 7.49. The normalized spacial score (nSPS) is 10.3. The maximum atomic E-state index is 12.2. The number of amides is 1. The number of carbonyl (C=O) groups excluding carboxylic acids is 2. The summed E-state index contributed by atoms with van der Waals surface area (Å²) in [6.07, 6.45) is 3.05. The largest absolute Gasteiger partial charge is 0.493 e. The number of nitro groups is 1. The number of ether oxygens (including phenoxy) is 1. The number of hydrogen-bond acceptors (Lipinski definition) is 5. The highest BCUT2D eigenvalue weighted by Crippen LogP contribution is 2.26. The van der Waals surface area contributed by atoms with E-state index in [9.17, 15) is 19.7 Å². The predicted molar refractivity (Wildman–Crippen MR) is 102 cm³/mol. The number of hydrogen-bond donors (Lipinski definition) is 0. The summed E-state index contributed by atoms with van der Waals surface area (Å²) in [6, 6.07) is 13.7. The molecule has 142 valence electrons. The summed E-state index contributed by atoms with van der Waals surface area (Å²) >= 11 is 0. The summed E-state index contributed by atoms with van der Waals surface area (Å²) in [7, 11) is 1.75. The second kappa shape index (κ2) is 10.1. The fourth-order valence-corrected chi connectivity index (χ4v) is 2.64. The second-order valence-electron chi connectivity index (χ2n) is 6.01. The van der Waals surface area contributed by atoms with Crippen molar-refractivity contribution in [3.05, 3.63) is 64.2 Å². The first-order valence-electron chi connectivity index (χ1n) is 8.71. The van der Waals surface area contributed by atoms with Crippen molar-refractivity contribution in [3.8, 4) is 5.75 Å². The second-order valence-corrected chi connectivity index (χ2v) is 6.01. The molecule has 0 saturated carbocycles. The van der Waals surface area contributed by atoms with Crippen LogP contribution in [0, 0.1) is 10.1 Å². The van der Waals surface area contributed by atoms with E-state index in [1.807, 2.05) is 30.3 Å². The molecule has 2 aromatic carbocycles. The summed E-state index contributed by atoms with van der Waals surface area (Å²) in [4.78, 5) is 35.2. The topological polar surface area (TPSA) is 89.8 Å². The fourth-order valence-electron chi connectivity index (χ4n) is 2.64. The molecule has 0 aliphatic carbocycles. The van der Waals surface area contributed by atoms with Gasteiger partial charge in [-0.3, -0.25) is 19.7 Å². The number of aldehydes is 1. The highest BCUT2D eigenvalue weighted by Gasteiger charge is 2.17. The van der Waals surface area contributed by atoms with E-state index in [1.54, 1.807) is 11.9 Å². The van der Waals surface area contributed by atoms with Gasteiger partial charge in [-0.05, 0) is 37.5 Å². The molecule has 0 aliphatic heterocycles. The van der Waals surface area contributed by atoms with Crippen molar-refractivity contribution in [1.82, 2.24) is 0 Å². The van der Waals surface area contributed by atoms with E-state index in [1.165, 1.54) is 18.2 Å². The lowest BCUT2D eigenvalue weighted by molar-refractivity contribution is -0.385. The summed E-state index contributed by atoms with van der Waals surface area (Å²) in [6.45, 7) is 0.324. The standard InChI is InChI=1S/C20H22N2O5/c1-21(16-9-4-2-5-10-16)20(24)13-6-3-7-14-27-19-12-8-11-18(22(25)26)17(19)15-23/h2,4-5,8-12,15H,3,6-7,13-14H2,1H3. The highest BCUT2D eigenvalue weighted by atomic mass is 16.6. The first-order chi connectivity index (χ1) is 13.0. The van der Waals surface area contributed by atoms with Crippen LogP contribution in [0.1, 0.15) is 36.0 Å². The number of benzene rings is 2. The van der Waals surface area contributed by atoms with Gasteiger partial charge < -0.3 is 9.64 Å². The minimum absolute atomic E-state index is 0.0454. The molecule has 0 fully saturated rings. The molecule has 0 saturated heterocycles. The van der Waals surface area contributed by atoms with E-state index in [0.29, 0.717) is 25.7 Å². The van der Waals surface area contributed by atoms with Crippen LogP contribution in [0.4, 0.5) is 11.4 Å². The van der Waals surface area contributed by atoms with E-state index in [2.05, 4.69) is 0 Å². The Bertz CT molecular complexity index is 792. The van der Waals surface area contributed by atoms with Crippen LogP contribution in [-0.4, -0.2) is 30.8 Å². The number of rotatable bonds is 10. The van der Waals surface area contributed by atoms with Crippen molar-refractivity contribution in [3.63, 3.8) is 0 Å². The quantitative estimate of drug-likeness (QED) is 0.273. The molecular weight excluding hydrogens is 348 g/mol. The molecule has 0 bridgehead atoms. The van der Waals surface area contributed by atoms with Crippen LogP contribution >= 0.6 is 0 Å². The van der Waals surface area contributed by atoms with Gasteiger partial charge in [-0.15, -0.1) is 0 Å². The number of carbonyl (C=O) groups is 2. The van der Waals surface area contributed by atoms with E-state index in [-0.39, 0.29) is 22.9 Å². The Morgan fingerprint density at radius 3 is 2.52 bits per heavy atom. The smallest absolute Gasteiger partial charge is 0.283 e. The third kappa shape index (κ3) is 5.64. The first kappa shape index (κ1) is 20.1. The molecule has 7 nitrogen and oxygen atoms in total. The van der Waals surface area contributed by atoms with Crippen LogP contribution in [0.3, 0.4) is 0 Å². The van der Waals surface area contributed by atoms with Crippen molar-refractivity contribution in [2.45, 2.75) is 25.7 Å². The average Bonchev–Trinajstić information content (AvgIpc) is 2.70. The lowest BCUT2D eigenvalue weighted by atomic mass is 10.1. The number of anilines is 1. The molecule has 0 N–H and O–H groups in total. The zero-order valence-corrected chi connectivity index (χ0v) is 15.2. The maximum absolute atomic E-state index is 12.2. The third-order valence-electron chi connectivity index (χ3n) is 4.17. The Morgan fingerprint density at radius 2 is 1.85 bits per heavy atom. The van der Waals surface area contributed by atoms with Crippen LogP contribution in [0.25, 0.3) is 0 Å². The summed E-state index contributed by atoms with van der Waals surface area (Å²) in [5, 5.41) is 10.9. The van der Waals surface area contributed by atoms with Gasteiger partial charge in [0.05, 0.1) is 11.5 Å². The van der Waals surface area contributed by atoms with Crippen molar-refractivity contribution in [2.75, 3.05) is 18.6 Å². The lowest BCUT2D eigenvalue weighted by Crippen LogP contribution is -2.25. The monoisotopic (exact) mass is 370 g/mol. The third-order valence-corrected chi connectivity index (χ3v) is 4.17. The minimum Gasteiger partial charge on any atom is -0.493 e. The molecule has 2 rings (SSSR count).